The Hall–Kier alpha value is -0.850. The summed E-state index contributed by atoms with van der Waals surface area (Å²) in [6, 6.07) is 2.02. The van der Waals surface area contributed by atoms with E-state index >= 15 is 0 Å². The molecule has 94 valence electrons. The van der Waals surface area contributed by atoms with E-state index in [1.807, 2.05) is 0 Å². The van der Waals surface area contributed by atoms with Gasteiger partial charge in [-0.05, 0) is 23.7 Å². The van der Waals surface area contributed by atoms with Gasteiger partial charge in [0, 0.05) is 7.05 Å². The minimum absolute atomic E-state index is 0.175. The molecule has 0 saturated heterocycles. The molecule has 1 aromatic rings. The third-order valence-corrected chi connectivity index (χ3v) is 3.83. The Bertz CT molecular complexity index is 574. The second-order valence-electron chi connectivity index (χ2n) is 3.26. The first kappa shape index (κ1) is 14.2. The predicted octanol–water partition coefficient (Wildman–Crippen LogP) is 2.25. The third kappa shape index (κ3) is 2.88. The van der Waals surface area contributed by atoms with Gasteiger partial charge in [-0.25, -0.2) is 12.8 Å². The van der Waals surface area contributed by atoms with E-state index in [2.05, 4.69) is 0 Å². The van der Waals surface area contributed by atoms with Crippen molar-refractivity contribution in [3.63, 3.8) is 0 Å². The molecule has 1 aromatic carbocycles. The summed E-state index contributed by atoms with van der Waals surface area (Å²) in [5.41, 5.74) is -0.444. The first-order chi connectivity index (χ1) is 7.66. The van der Waals surface area contributed by atoms with E-state index in [0.717, 1.165) is 25.4 Å². The summed E-state index contributed by atoms with van der Waals surface area (Å²) in [6.45, 7) is 0. The number of carbonyl (C=O) groups is 1. The smallest absolute Gasteiger partial charge is 0.254 e. The van der Waals surface area contributed by atoms with Crippen LogP contribution in [0, 0.1) is 5.82 Å². The highest BCUT2D eigenvalue weighted by molar-refractivity contribution is 7.92. The lowest BCUT2D eigenvalue weighted by atomic mass is 10.2. The molecule has 0 aliphatic heterocycles. The minimum atomic E-state index is -3.68. The number of carbonyl (C=O) groups excluding carboxylic acids is 1. The average molecular weight is 300 g/mol. The first-order valence-electron chi connectivity index (χ1n) is 4.28. The van der Waals surface area contributed by atoms with Crippen LogP contribution in [0.25, 0.3) is 0 Å². The van der Waals surface area contributed by atoms with E-state index in [4.69, 9.17) is 23.2 Å². The van der Waals surface area contributed by atoms with Gasteiger partial charge in [0.25, 0.3) is 5.24 Å². The zero-order chi connectivity index (χ0) is 13.4. The normalized spacial score (nSPS) is 11.4. The Balaban J connectivity index is 3.60. The Morgan fingerprint density at radius 2 is 1.94 bits per heavy atom. The van der Waals surface area contributed by atoms with Crippen LogP contribution < -0.4 is 4.31 Å². The van der Waals surface area contributed by atoms with E-state index in [1.54, 1.807) is 0 Å². The maximum Gasteiger partial charge on any atom is 0.254 e. The van der Waals surface area contributed by atoms with Crippen LogP contribution in [0.1, 0.15) is 10.4 Å². The number of rotatable bonds is 3. The number of anilines is 1. The van der Waals surface area contributed by atoms with Crippen molar-refractivity contribution >= 4 is 44.2 Å². The van der Waals surface area contributed by atoms with Crippen LogP contribution in [0.2, 0.25) is 5.02 Å². The molecule has 0 aliphatic carbocycles. The molecule has 0 aromatic heterocycles. The SMILES string of the molecule is CN(c1c(C(=O)Cl)ccc(F)c1Cl)S(C)(=O)=O. The Morgan fingerprint density at radius 1 is 1.41 bits per heavy atom. The molecule has 17 heavy (non-hydrogen) atoms. The van der Waals surface area contributed by atoms with Crippen LogP contribution in [0.5, 0.6) is 0 Å². The maximum atomic E-state index is 13.3. The molecular weight excluding hydrogens is 292 g/mol. The van der Waals surface area contributed by atoms with Gasteiger partial charge in [0.1, 0.15) is 10.8 Å². The lowest BCUT2D eigenvalue weighted by molar-refractivity contribution is 0.108. The second-order valence-corrected chi connectivity index (χ2v) is 6.00. The van der Waals surface area contributed by atoms with Gasteiger partial charge in [-0.1, -0.05) is 11.6 Å². The van der Waals surface area contributed by atoms with Crippen LogP contribution in [-0.4, -0.2) is 27.0 Å². The van der Waals surface area contributed by atoms with Gasteiger partial charge in [-0.2, -0.15) is 0 Å². The monoisotopic (exact) mass is 299 g/mol. The number of hydrogen-bond donors (Lipinski definition) is 0. The number of sulfonamides is 1. The summed E-state index contributed by atoms with van der Waals surface area (Å²) >= 11 is 10.9. The van der Waals surface area contributed by atoms with Crippen LogP contribution in [0.3, 0.4) is 0 Å². The summed E-state index contributed by atoms with van der Waals surface area (Å²) in [5, 5.41) is -1.39. The van der Waals surface area contributed by atoms with Gasteiger partial charge in [0.2, 0.25) is 10.0 Å². The van der Waals surface area contributed by atoms with E-state index < -0.39 is 26.1 Å². The number of halogens is 3. The Labute approximate surface area is 108 Å². The quantitative estimate of drug-likeness (QED) is 0.805. The zero-order valence-electron chi connectivity index (χ0n) is 8.87. The molecule has 0 unspecified atom stereocenters. The van der Waals surface area contributed by atoms with Gasteiger partial charge in [0.15, 0.2) is 0 Å². The van der Waals surface area contributed by atoms with Crippen molar-refractivity contribution in [2.75, 3.05) is 17.6 Å². The molecule has 0 aliphatic rings. The summed E-state index contributed by atoms with van der Waals surface area (Å²) in [7, 11) is -2.53. The third-order valence-electron chi connectivity index (χ3n) is 2.09. The summed E-state index contributed by atoms with van der Waals surface area (Å²) < 4.78 is 36.7. The van der Waals surface area contributed by atoms with Crippen LogP contribution in [0.4, 0.5) is 10.1 Å². The van der Waals surface area contributed by atoms with E-state index in [-0.39, 0.29) is 11.3 Å². The average Bonchev–Trinajstić information content (AvgIpc) is 2.19. The minimum Gasteiger partial charge on any atom is -0.276 e. The molecule has 0 saturated carbocycles. The highest BCUT2D eigenvalue weighted by Crippen LogP contribution is 2.33. The fraction of sp³-hybridized carbons (Fsp3) is 0.222. The molecule has 0 spiro atoms. The van der Waals surface area contributed by atoms with Crippen molar-refractivity contribution in [2.24, 2.45) is 0 Å². The Morgan fingerprint density at radius 3 is 2.35 bits per heavy atom. The molecule has 1 rings (SSSR count). The van der Waals surface area contributed by atoms with Crippen molar-refractivity contribution < 1.29 is 17.6 Å². The molecule has 0 bridgehead atoms. The van der Waals surface area contributed by atoms with Crippen LogP contribution in [0.15, 0.2) is 12.1 Å². The van der Waals surface area contributed by atoms with Crippen molar-refractivity contribution in [3.8, 4) is 0 Å². The van der Waals surface area contributed by atoms with E-state index in [1.165, 1.54) is 0 Å². The lowest BCUT2D eigenvalue weighted by Crippen LogP contribution is -2.27. The highest BCUT2D eigenvalue weighted by atomic mass is 35.5. The van der Waals surface area contributed by atoms with Crippen molar-refractivity contribution in [1.82, 2.24) is 0 Å². The predicted molar refractivity (Wildman–Crippen MR) is 64.8 cm³/mol. The maximum absolute atomic E-state index is 13.3. The van der Waals surface area contributed by atoms with Crippen molar-refractivity contribution in [2.45, 2.75) is 0 Å². The topological polar surface area (TPSA) is 54.5 Å². The van der Waals surface area contributed by atoms with E-state index in [9.17, 15) is 17.6 Å². The number of hydrogen-bond acceptors (Lipinski definition) is 3. The van der Waals surface area contributed by atoms with Crippen molar-refractivity contribution in [3.05, 3.63) is 28.5 Å². The van der Waals surface area contributed by atoms with Gasteiger partial charge in [-0.15, -0.1) is 0 Å². The van der Waals surface area contributed by atoms with Crippen LogP contribution in [-0.2, 0) is 10.0 Å². The first-order valence-corrected chi connectivity index (χ1v) is 6.88. The van der Waals surface area contributed by atoms with Crippen molar-refractivity contribution in [1.29, 1.82) is 0 Å². The summed E-state index contributed by atoms with van der Waals surface area (Å²) in [6.07, 6.45) is 0.900. The molecule has 0 N–H and O–H groups in total. The molecule has 0 radical (unpaired) electrons. The summed E-state index contributed by atoms with van der Waals surface area (Å²) in [5.74, 6) is -0.834. The molecule has 0 atom stereocenters. The number of benzene rings is 1. The summed E-state index contributed by atoms with van der Waals surface area (Å²) in [4.78, 5) is 11.1. The molecular formula is C9H8Cl2FNO3S. The highest BCUT2D eigenvalue weighted by Gasteiger charge is 2.24. The Kier molecular flexibility index (Phi) is 4.01. The molecule has 0 heterocycles. The second kappa shape index (κ2) is 4.80. The van der Waals surface area contributed by atoms with Crippen LogP contribution >= 0.6 is 23.2 Å². The molecule has 0 amide bonds. The fourth-order valence-electron chi connectivity index (χ4n) is 1.17. The number of nitrogens with zero attached hydrogens (tertiary/aromatic N) is 1. The molecule has 0 fully saturated rings. The zero-order valence-corrected chi connectivity index (χ0v) is 11.2. The van der Waals surface area contributed by atoms with Gasteiger partial charge >= 0.3 is 0 Å². The van der Waals surface area contributed by atoms with Gasteiger partial charge in [0.05, 0.1) is 17.5 Å². The molecule has 8 heteroatoms. The van der Waals surface area contributed by atoms with Gasteiger partial charge < -0.3 is 0 Å². The van der Waals surface area contributed by atoms with E-state index in [0.29, 0.717) is 4.31 Å². The standard InChI is InChI=1S/C9H8Cl2FNO3S/c1-13(17(2,15)16)8-5(9(11)14)3-4-6(12)7(8)10/h3-4H,1-2H3. The molecule has 4 nitrogen and oxygen atoms in total. The fourth-order valence-corrected chi connectivity index (χ4v) is 2.19. The lowest BCUT2D eigenvalue weighted by Gasteiger charge is -2.20. The largest absolute Gasteiger partial charge is 0.276 e. The van der Waals surface area contributed by atoms with Gasteiger partial charge in [-0.3, -0.25) is 9.10 Å².